The molecule has 0 unspecified atom stereocenters. The van der Waals surface area contributed by atoms with Gasteiger partial charge in [0.2, 0.25) is 0 Å². The molecule has 5 nitrogen and oxygen atoms in total. The zero-order valence-electron chi connectivity index (χ0n) is 8.06. The highest BCUT2D eigenvalue weighted by Crippen LogP contribution is 2.20. The molecule has 5 heteroatoms. The van der Waals surface area contributed by atoms with Gasteiger partial charge in [-0.25, -0.2) is 4.79 Å². The van der Waals surface area contributed by atoms with E-state index in [1.165, 1.54) is 6.92 Å². The number of ether oxygens (including phenoxy) is 1. The summed E-state index contributed by atoms with van der Waals surface area (Å²) in [6.45, 7) is 0.961. The van der Waals surface area contributed by atoms with Gasteiger partial charge in [-0.1, -0.05) is 0 Å². The highest BCUT2D eigenvalue weighted by atomic mass is 16.5. The first-order valence-corrected chi connectivity index (χ1v) is 4.18. The fraction of sp³-hybridized carbons (Fsp3) is 0.200. The number of ketones is 1. The van der Waals surface area contributed by atoms with Crippen molar-refractivity contribution in [1.82, 2.24) is 0 Å². The van der Waals surface area contributed by atoms with Crippen LogP contribution in [0.4, 0.5) is 0 Å². The van der Waals surface area contributed by atoms with E-state index in [0.717, 1.165) is 18.2 Å². The second-order valence-corrected chi connectivity index (χ2v) is 3.02. The van der Waals surface area contributed by atoms with Crippen molar-refractivity contribution in [3.8, 4) is 11.5 Å². The quantitative estimate of drug-likeness (QED) is 0.722. The Hall–Kier alpha value is -2.04. The molecule has 0 fully saturated rings. The molecule has 0 aliphatic carbocycles. The van der Waals surface area contributed by atoms with E-state index in [-0.39, 0.29) is 29.5 Å². The molecule has 0 aliphatic heterocycles. The Balaban J connectivity index is 2.77. The van der Waals surface area contributed by atoms with Crippen molar-refractivity contribution in [2.75, 3.05) is 6.61 Å². The highest BCUT2D eigenvalue weighted by molar-refractivity contribution is 5.92. The van der Waals surface area contributed by atoms with Crippen LogP contribution in [0, 0.1) is 0 Å². The molecule has 0 saturated heterocycles. The molecule has 1 aromatic carbocycles. The van der Waals surface area contributed by atoms with Crippen LogP contribution in [0.5, 0.6) is 11.5 Å². The number of carbonyl (C=O) groups excluding carboxylic acids is 2. The van der Waals surface area contributed by atoms with Gasteiger partial charge in [0.15, 0.2) is 5.78 Å². The van der Waals surface area contributed by atoms with Crippen LogP contribution in [0.3, 0.4) is 0 Å². The molecule has 0 radical (unpaired) electrons. The van der Waals surface area contributed by atoms with Crippen LogP contribution in [0.1, 0.15) is 17.3 Å². The van der Waals surface area contributed by atoms with Gasteiger partial charge in [0, 0.05) is 6.07 Å². The van der Waals surface area contributed by atoms with Crippen LogP contribution < -0.4 is 0 Å². The van der Waals surface area contributed by atoms with E-state index in [2.05, 4.69) is 4.74 Å². The van der Waals surface area contributed by atoms with Crippen molar-refractivity contribution in [1.29, 1.82) is 0 Å². The predicted octanol–water partition coefficient (Wildman–Crippen LogP) is 0.844. The van der Waals surface area contributed by atoms with Gasteiger partial charge in [-0.05, 0) is 19.1 Å². The van der Waals surface area contributed by atoms with Crippen molar-refractivity contribution in [3.63, 3.8) is 0 Å². The van der Waals surface area contributed by atoms with Crippen molar-refractivity contribution in [2.45, 2.75) is 6.92 Å². The molecule has 0 heterocycles. The predicted molar refractivity (Wildman–Crippen MR) is 50.7 cm³/mol. The van der Waals surface area contributed by atoms with Gasteiger partial charge in [0.1, 0.15) is 18.1 Å². The Morgan fingerprint density at radius 3 is 2.20 bits per heavy atom. The fourth-order valence-electron chi connectivity index (χ4n) is 0.964. The van der Waals surface area contributed by atoms with E-state index in [1.807, 2.05) is 0 Å². The van der Waals surface area contributed by atoms with E-state index in [9.17, 15) is 9.59 Å². The summed E-state index contributed by atoms with van der Waals surface area (Å²) in [5.74, 6) is -1.54. The number of carbonyl (C=O) groups is 2. The SMILES string of the molecule is CC(=O)COC(=O)c1cc(O)cc(O)c1. The van der Waals surface area contributed by atoms with Gasteiger partial charge in [-0.15, -0.1) is 0 Å². The molecular formula is C10H10O5. The number of hydrogen-bond acceptors (Lipinski definition) is 5. The van der Waals surface area contributed by atoms with Crippen LogP contribution in [0.15, 0.2) is 18.2 Å². The summed E-state index contributed by atoms with van der Waals surface area (Å²) in [7, 11) is 0. The Bertz CT molecular complexity index is 377. The van der Waals surface area contributed by atoms with Gasteiger partial charge in [-0.2, -0.15) is 0 Å². The molecule has 0 amide bonds. The van der Waals surface area contributed by atoms with Gasteiger partial charge in [0.05, 0.1) is 5.56 Å². The monoisotopic (exact) mass is 210 g/mol. The number of hydrogen-bond donors (Lipinski definition) is 2. The summed E-state index contributed by atoms with van der Waals surface area (Å²) in [4.78, 5) is 21.8. The van der Waals surface area contributed by atoms with Crippen molar-refractivity contribution < 1.29 is 24.5 Å². The Labute approximate surface area is 85.9 Å². The van der Waals surface area contributed by atoms with E-state index in [4.69, 9.17) is 10.2 Å². The third kappa shape index (κ3) is 3.30. The molecule has 0 bridgehead atoms. The van der Waals surface area contributed by atoms with E-state index >= 15 is 0 Å². The van der Waals surface area contributed by atoms with Crippen molar-refractivity contribution >= 4 is 11.8 Å². The molecule has 0 saturated carbocycles. The maximum atomic E-state index is 11.3. The minimum absolute atomic E-state index is 0.00579. The first-order chi connectivity index (χ1) is 6.99. The Morgan fingerprint density at radius 1 is 1.20 bits per heavy atom. The van der Waals surface area contributed by atoms with Crippen LogP contribution in [-0.2, 0) is 9.53 Å². The maximum absolute atomic E-state index is 11.3. The average Bonchev–Trinajstić information content (AvgIpc) is 2.12. The average molecular weight is 210 g/mol. The number of benzene rings is 1. The molecule has 2 N–H and O–H groups in total. The van der Waals surface area contributed by atoms with E-state index < -0.39 is 5.97 Å². The van der Waals surface area contributed by atoms with Crippen LogP contribution in [-0.4, -0.2) is 28.6 Å². The zero-order chi connectivity index (χ0) is 11.4. The third-order valence-electron chi connectivity index (χ3n) is 1.54. The standard InChI is InChI=1S/C10H10O5/c1-6(11)5-15-10(14)7-2-8(12)4-9(13)3-7/h2-4,12-13H,5H2,1H3. The molecule has 0 spiro atoms. The molecule has 0 aliphatic rings. The lowest BCUT2D eigenvalue weighted by molar-refractivity contribution is -0.120. The number of Topliss-reactive ketones (excluding diaryl/α,β-unsaturated/α-hetero) is 1. The smallest absolute Gasteiger partial charge is 0.338 e. The summed E-state index contributed by atoms with van der Waals surface area (Å²) in [5, 5.41) is 18.2. The Kier molecular flexibility index (Phi) is 3.28. The first-order valence-electron chi connectivity index (χ1n) is 4.18. The summed E-state index contributed by atoms with van der Waals surface area (Å²) in [5.41, 5.74) is -0.00579. The molecule has 1 rings (SSSR count). The summed E-state index contributed by atoms with van der Waals surface area (Å²) >= 11 is 0. The Morgan fingerprint density at radius 2 is 1.73 bits per heavy atom. The lowest BCUT2D eigenvalue weighted by Gasteiger charge is -2.03. The maximum Gasteiger partial charge on any atom is 0.338 e. The van der Waals surface area contributed by atoms with Crippen LogP contribution >= 0.6 is 0 Å². The van der Waals surface area contributed by atoms with E-state index in [0.29, 0.717) is 0 Å². The number of phenolic OH excluding ortho intramolecular Hbond substituents is 2. The normalized spacial score (nSPS) is 9.67. The molecule has 80 valence electrons. The largest absolute Gasteiger partial charge is 0.508 e. The summed E-state index contributed by atoms with van der Waals surface area (Å²) < 4.78 is 4.59. The first kappa shape index (κ1) is 11.0. The second-order valence-electron chi connectivity index (χ2n) is 3.02. The lowest BCUT2D eigenvalue weighted by atomic mass is 10.2. The van der Waals surface area contributed by atoms with Crippen molar-refractivity contribution in [3.05, 3.63) is 23.8 Å². The second kappa shape index (κ2) is 4.45. The summed E-state index contributed by atoms with van der Waals surface area (Å²) in [6.07, 6.45) is 0. The molecule has 0 atom stereocenters. The number of rotatable bonds is 3. The molecular weight excluding hydrogens is 200 g/mol. The van der Waals surface area contributed by atoms with Crippen LogP contribution in [0.2, 0.25) is 0 Å². The van der Waals surface area contributed by atoms with E-state index in [1.54, 1.807) is 0 Å². The summed E-state index contributed by atoms with van der Waals surface area (Å²) in [6, 6.07) is 3.37. The number of aromatic hydroxyl groups is 2. The van der Waals surface area contributed by atoms with Crippen molar-refractivity contribution in [2.24, 2.45) is 0 Å². The minimum atomic E-state index is -0.767. The zero-order valence-corrected chi connectivity index (χ0v) is 8.06. The molecule has 0 aromatic heterocycles. The van der Waals surface area contributed by atoms with Gasteiger partial charge < -0.3 is 14.9 Å². The molecule has 15 heavy (non-hydrogen) atoms. The lowest BCUT2D eigenvalue weighted by Crippen LogP contribution is -2.11. The number of esters is 1. The molecule has 1 aromatic rings. The highest BCUT2D eigenvalue weighted by Gasteiger charge is 2.10. The number of phenols is 2. The van der Waals surface area contributed by atoms with Gasteiger partial charge >= 0.3 is 5.97 Å². The minimum Gasteiger partial charge on any atom is -0.508 e. The van der Waals surface area contributed by atoms with Gasteiger partial charge in [-0.3, -0.25) is 4.79 Å². The van der Waals surface area contributed by atoms with Gasteiger partial charge in [0.25, 0.3) is 0 Å². The fourth-order valence-corrected chi connectivity index (χ4v) is 0.964. The van der Waals surface area contributed by atoms with Crippen LogP contribution in [0.25, 0.3) is 0 Å². The third-order valence-corrected chi connectivity index (χ3v) is 1.54. The topological polar surface area (TPSA) is 83.8 Å².